The van der Waals surface area contributed by atoms with E-state index in [4.69, 9.17) is 11.6 Å². The zero-order valence-corrected chi connectivity index (χ0v) is 16.1. The van der Waals surface area contributed by atoms with Crippen molar-refractivity contribution >= 4 is 40.9 Å². The largest absolute Gasteiger partial charge is 0.339 e. The molecule has 5 nitrogen and oxygen atoms in total. The van der Waals surface area contributed by atoms with Crippen LogP contribution >= 0.6 is 23.4 Å². The monoisotopic (exact) mass is 389 g/mol. The molecule has 1 N–H and O–H groups in total. The highest BCUT2D eigenvalue weighted by atomic mass is 35.5. The second kappa shape index (κ2) is 8.56. The first-order chi connectivity index (χ1) is 12.5. The maximum absolute atomic E-state index is 12.3. The Balaban J connectivity index is 1.51. The number of amides is 2. The van der Waals surface area contributed by atoms with E-state index in [0.717, 1.165) is 31.5 Å². The number of aromatic nitrogens is 1. The summed E-state index contributed by atoms with van der Waals surface area (Å²) in [5, 5.41) is 4.14. The predicted octanol–water partition coefficient (Wildman–Crippen LogP) is 4.01. The minimum absolute atomic E-state index is 0.0283. The van der Waals surface area contributed by atoms with Crippen molar-refractivity contribution in [1.29, 1.82) is 0 Å². The van der Waals surface area contributed by atoms with Crippen LogP contribution < -0.4 is 5.32 Å². The molecule has 3 rings (SSSR count). The van der Waals surface area contributed by atoms with E-state index in [1.807, 2.05) is 24.0 Å². The average molecular weight is 390 g/mol. The van der Waals surface area contributed by atoms with Gasteiger partial charge in [-0.05, 0) is 49.6 Å². The molecule has 2 amide bonds. The van der Waals surface area contributed by atoms with E-state index < -0.39 is 0 Å². The molecule has 0 saturated carbocycles. The normalized spacial score (nSPS) is 13.7. The fourth-order valence-corrected chi connectivity index (χ4v) is 3.53. The van der Waals surface area contributed by atoms with E-state index in [-0.39, 0.29) is 17.6 Å². The Hall–Kier alpha value is -2.05. The van der Waals surface area contributed by atoms with Gasteiger partial charge in [0.25, 0.3) is 5.91 Å². The van der Waals surface area contributed by atoms with Gasteiger partial charge in [-0.1, -0.05) is 29.4 Å². The first-order valence-electron chi connectivity index (χ1n) is 8.47. The standard InChI is InChI=1S/C19H20ClN3O2S/c1-13-4-6-15(10-16(13)20)22-17(24)12-26-18-7-5-14(11-21-18)19(25)23-8-2-3-9-23/h4-7,10-11H,2-3,8-9,12H2,1H3,(H,22,24). The van der Waals surface area contributed by atoms with Crippen molar-refractivity contribution in [2.45, 2.75) is 24.8 Å². The molecule has 1 saturated heterocycles. The lowest BCUT2D eigenvalue weighted by Gasteiger charge is -2.14. The zero-order valence-electron chi connectivity index (χ0n) is 14.5. The van der Waals surface area contributed by atoms with Crippen molar-refractivity contribution in [2.24, 2.45) is 0 Å². The average Bonchev–Trinajstić information content (AvgIpc) is 3.18. The summed E-state index contributed by atoms with van der Waals surface area (Å²) in [4.78, 5) is 30.5. The Kier molecular flexibility index (Phi) is 6.16. The predicted molar refractivity (Wildman–Crippen MR) is 105 cm³/mol. The lowest BCUT2D eigenvalue weighted by Crippen LogP contribution is -2.27. The van der Waals surface area contributed by atoms with E-state index in [1.54, 1.807) is 24.4 Å². The molecule has 0 unspecified atom stereocenters. The molecular weight excluding hydrogens is 370 g/mol. The fraction of sp³-hybridized carbons (Fsp3) is 0.316. The molecule has 1 fully saturated rings. The van der Waals surface area contributed by atoms with E-state index in [2.05, 4.69) is 10.3 Å². The molecule has 1 aliphatic rings. The van der Waals surface area contributed by atoms with Crippen LogP contribution in [0.3, 0.4) is 0 Å². The topological polar surface area (TPSA) is 62.3 Å². The number of benzene rings is 1. The van der Waals surface area contributed by atoms with Crippen LogP contribution in [0.2, 0.25) is 5.02 Å². The molecular formula is C19H20ClN3O2S. The van der Waals surface area contributed by atoms with Gasteiger partial charge < -0.3 is 10.2 Å². The van der Waals surface area contributed by atoms with Crippen molar-refractivity contribution in [3.05, 3.63) is 52.7 Å². The molecule has 0 radical (unpaired) electrons. The minimum atomic E-state index is -0.131. The van der Waals surface area contributed by atoms with Gasteiger partial charge in [-0.25, -0.2) is 4.98 Å². The van der Waals surface area contributed by atoms with Crippen molar-refractivity contribution in [2.75, 3.05) is 24.2 Å². The number of hydrogen-bond donors (Lipinski definition) is 1. The lowest BCUT2D eigenvalue weighted by atomic mass is 10.2. The molecule has 1 aliphatic heterocycles. The summed E-state index contributed by atoms with van der Waals surface area (Å²) in [6.45, 7) is 3.55. The van der Waals surface area contributed by atoms with Crippen LogP contribution in [0.4, 0.5) is 5.69 Å². The van der Waals surface area contributed by atoms with Crippen LogP contribution in [-0.2, 0) is 4.79 Å². The number of likely N-dealkylation sites (tertiary alicyclic amines) is 1. The number of carbonyl (C=O) groups is 2. The van der Waals surface area contributed by atoms with Crippen molar-refractivity contribution in [3.8, 4) is 0 Å². The van der Waals surface area contributed by atoms with Gasteiger partial charge in [-0.3, -0.25) is 9.59 Å². The molecule has 0 aliphatic carbocycles. The number of halogens is 1. The fourth-order valence-electron chi connectivity index (χ4n) is 2.70. The van der Waals surface area contributed by atoms with Crippen LogP contribution in [0.1, 0.15) is 28.8 Å². The number of hydrogen-bond acceptors (Lipinski definition) is 4. The van der Waals surface area contributed by atoms with Gasteiger partial charge in [-0.2, -0.15) is 0 Å². The molecule has 7 heteroatoms. The number of aryl methyl sites for hydroxylation is 1. The summed E-state index contributed by atoms with van der Waals surface area (Å²) < 4.78 is 0. The second-order valence-electron chi connectivity index (χ2n) is 6.19. The Labute approximate surface area is 162 Å². The highest BCUT2D eigenvalue weighted by molar-refractivity contribution is 7.99. The Morgan fingerprint density at radius 3 is 2.65 bits per heavy atom. The van der Waals surface area contributed by atoms with Gasteiger partial charge >= 0.3 is 0 Å². The van der Waals surface area contributed by atoms with E-state index in [0.29, 0.717) is 21.3 Å². The van der Waals surface area contributed by atoms with Gasteiger partial charge in [0.2, 0.25) is 5.91 Å². The third-order valence-electron chi connectivity index (χ3n) is 4.18. The molecule has 0 bridgehead atoms. The number of pyridine rings is 1. The molecule has 1 aromatic carbocycles. The number of nitrogens with one attached hydrogen (secondary N) is 1. The number of nitrogens with zero attached hydrogens (tertiary/aromatic N) is 2. The summed E-state index contributed by atoms with van der Waals surface area (Å²) >= 11 is 7.39. The summed E-state index contributed by atoms with van der Waals surface area (Å²) in [5.74, 6) is 0.132. The highest BCUT2D eigenvalue weighted by Gasteiger charge is 2.19. The van der Waals surface area contributed by atoms with Crippen LogP contribution in [0.25, 0.3) is 0 Å². The smallest absolute Gasteiger partial charge is 0.255 e. The quantitative estimate of drug-likeness (QED) is 0.785. The van der Waals surface area contributed by atoms with Gasteiger partial charge in [0, 0.05) is 30.0 Å². The van der Waals surface area contributed by atoms with Crippen LogP contribution in [-0.4, -0.2) is 40.5 Å². The summed E-state index contributed by atoms with van der Waals surface area (Å²) in [7, 11) is 0. The Morgan fingerprint density at radius 1 is 1.23 bits per heavy atom. The molecule has 2 aromatic rings. The highest BCUT2D eigenvalue weighted by Crippen LogP contribution is 2.21. The molecule has 2 heterocycles. The molecule has 136 valence electrons. The number of carbonyl (C=O) groups excluding carboxylic acids is 2. The summed E-state index contributed by atoms with van der Waals surface area (Å²) in [5.41, 5.74) is 2.23. The number of rotatable bonds is 5. The number of thioether (sulfide) groups is 1. The van der Waals surface area contributed by atoms with Crippen molar-refractivity contribution in [1.82, 2.24) is 9.88 Å². The number of anilines is 1. The van der Waals surface area contributed by atoms with Crippen LogP contribution in [0.15, 0.2) is 41.6 Å². The van der Waals surface area contributed by atoms with E-state index >= 15 is 0 Å². The van der Waals surface area contributed by atoms with Gasteiger partial charge in [0.05, 0.1) is 16.3 Å². The second-order valence-corrected chi connectivity index (χ2v) is 7.59. The van der Waals surface area contributed by atoms with Gasteiger partial charge in [-0.15, -0.1) is 0 Å². The zero-order chi connectivity index (χ0) is 18.5. The van der Waals surface area contributed by atoms with Crippen molar-refractivity contribution in [3.63, 3.8) is 0 Å². The Bertz CT molecular complexity index is 805. The third kappa shape index (κ3) is 4.77. The summed E-state index contributed by atoms with van der Waals surface area (Å²) in [6.07, 6.45) is 3.71. The lowest BCUT2D eigenvalue weighted by molar-refractivity contribution is -0.113. The minimum Gasteiger partial charge on any atom is -0.339 e. The maximum atomic E-state index is 12.3. The first-order valence-corrected chi connectivity index (χ1v) is 9.83. The van der Waals surface area contributed by atoms with E-state index in [1.165, 1.54) is 11.8 Å². The third-order valence-corrected chi connectivity index (χ3v) is 5.53. The van der Waals surface area contributed by atoms with E-state index in [9.17, 15) is 9.59 Å². The van der Waals surface area contributed by atoms with Gasteiger partial charge in [0.15, 0.2) is 0 Å². The maximum Gasteiger partial charge on any atom is 0.255 e. The van der Waals surface area contributed by atoms with Crippen LogP contribution in [0, 0.1) is 6.92 Å². The molecule has 26 heavy (non-hydrogen) atoms. The summed E-state index contributed by atoms with van der Waals surface area (Å²) in [6, 6.07) is 8.97. The first kappa shape index (κ1) is 18.7. The molecule has 0 spiro atoms. The molecule has 1 aromatic heterocycles. The molecule has 0 atom stereocenters. The SMILES string of the molecule is Cc1ccc(NC(=O)CSc2ccc(C(=O)N3CCCC3)cn2)cc1Cl. The van der Waals surface area contributed by atoms with Crippen LogP contribution in [0.5, 0.6) is 0 Å². The van der Waals surface area contributed by atoms with Gasteiger partial charge in [0.1, 0.15) is 0 Å². The van der Waals surface area contributed by atoms with Crippen molar-refractivity contribution < 1.29 is 9.59 Å². The Morgan fingerprint density at radius 2 is 2.00 bits per heavy atom.